The molecule has 1 amide bonds. The van der Waals surface area contributed by atoms with E-state index < -0.39 is 17.8 Å². The van der Waals surface area contributed by atoms with Crippen LogP contribution < -0.4 is 4.74 Å². The molecule has 1 aromatic heterocycles. The number of thiazole rings is 1. The summed E-state index contributed by atoms with van der Waals surface area (Å²) in [7, 11) is 0. The highest BCUT2D eigenvalue weighted by molar-refractivity contribution is 7.15. The Morgan fingerprint density at radius 2 is 1.80 bits per heavy atom. The summed E-state index contributed by atoms with van der Waals surface area (Å²) >= 11 is 1.12. The SMILES string of the molecule is Cc1c(OCCCN2CCC(O)CC2)cccc1-c1cccc(-c2nc3c(s2)CN(C(=O)O)CC3)c1C(F)(F)F. The van der Waals surface area contributed by atoms with Gasteiger partial charge in [-0.3, -0.25) is 0 Å². The predicted molar refractivity (Wildman–Crippen MR) is 147 cm³/mol. The van der Waals surface area contributed by atoms with Crippen molar-refractivity contribution in [2.45, 2.75) is 51.4 Å². The van der Waals surface area contributed by atoms with Crippen molar-refractivity contribution >= 4 is 17.4 Å². The van der Waals surface area contributed by atoms with Gasteiger partial charge >= 0.3 is 12.3 Å². The number of nitrogens with zero attached hydrogens (tertiary/aromatic N) is 3. The standard InChI is InChI=1S/C29H32F3N3O4S/c1-18-20(5-3-8-24(18)39-16-4-12-34-13-9-19(36)10-14-34)21-6-2-7-22(26(21)29(30,31)32)27-33-23-11-15-35(28(37)38)17-25(23)40-27/h2-3,5-8,19,36H,4,9-17H2,1H3,(H,37,38). The van der Waals surface area contributed by atoms with E-state index in [0.29, 0.717) is 40.5 Å². The fourth-order valence-electron chi connectivity index (χ4n) is 5.41. The Morgan fingerprint density at radius 3 is 2.52 bits per heavy atom. The first-order valence-electron chi connectivity index (χ1n) is 13.4. The van der Waals surface area contributed by atoms with E-state index in [2.05, 4.69) is 9.88 Å². The molecular weight excluding hydrogens is 543 g/mol. The number of hydrogen-bond acceptors (Lipinski definition) is 6. The maximum absolute atomic E-state index is 14.7. The van der Waals surface area contributed by atoms with Crippen LogP contribution in [-0.2, 0) is 19.1 Å². The van der Waals surface area contributed by atoms with E-state index in [4.69, 9.17) is 4.74 Å². The Bertz CT molecular complexity index is 1370. The molecule has 2 aliphatic rings. The molecule has 0 spiro atoms. The summed E-state index contributed by atoms with van der Waals surface area (Å²) < 4.78 is 50.0. The van der Waals surface area contributed by atoms with Crippen molar-refractivity contribution in [3.05, 3.63) is 58.1 Å². The lowest BCUT2D eigenvalue weighted by molar-refractivity contribution is -0.136. The minimum absolute atomic E-state index is 0.0105. The monoisotopic (exact) mass is 575 g/mol. The van der Waals surface area contributed by atoms with Crippen molar-refractivity contribution in [3.63, 3.8) is 0 Å². The third-order valence-corrected chi connectivity index (χ3v) is 8.70. The zero-order valence-corrected chi connectivity index (χ0v) is 23.0. The van der Waals surface area contributed by atoms with Crippen molar-refractivity contribution in [1.29, 1.82) is 0 Å². The average Bonchev–Trinajstić information content (AvgIpc) is 3.35. The van der Waals surface area contributed by atoms with Crippen LogP contribution in [-0.4, -0.2) is 70.0 Å². The molecule has 0 unspecified atom stereocenters. The minimum Gasteiger partial charge on any atom is -0.493 e. The number of benzene rings is 2. The number of rotatable bonds is 7. The summed E-state index contributed by atoms with van der Waals surface area (Å²) in [5.41, 5.74) is 1.01. The molecule has 2 aromatic carbocycles. The Kier molecular flexibility index (Phi) is 8.34. The smallest absolute Gasteiger partial charge is 0.417 e. The van der Waals surface area contributed by atoms with E-state index in [-0.39, 0.29) is 35.3 Å². The molecule has 0 aliphatic carbocycles. The number of amides is 1. The van der Waals surface area contributed by atoms with Crippen LogP contribution in [0.3, 0.4) is 0 Å². The molecule has 0 radical (unpaired) electrons. The highest BCUT2D eigenvalue weighted by atomic mass is 32.1. The molecule has 40 heavy (non-hydrogen) atoms. The number of likely N-dealkylation sites (tertiary alicyclic amines) is 1. The molecule has 0 saturated carbocycles. The van der Waals surface area contributed by atoms with E-state index in [0.717, 1.165) is 50.2 Å². The summed E-state index contributed by atoms with van der Waals surface area (Å²) in [6.07, 6.45) is -3.23. The predicted octanol–water partition coefficient (Wildman–Crippen LogP) is 6.07. The molecule has 0 atom stereocenters. The van der Waals surface area contributed by atoms with Crippen LogP contribution >= 0.6 is 11.3 Å². The number of alkyl halides is 3. The van der Waals surface area contributed by atoms with Gasteiger partial charge < -0.3 is 24.7 Å². The molecule has 11 heteroatoms. The molecule has 5 rings (SSSR count). The van der Waals surface area contributed by atoms with E-state index in [9.17, 15) is 28.2 Å². The first-order chi connectivity index (χ1) is 19.1. The number of hydrogen-bond donors (Lipinski definition) is 2. The number of aliphatic hydroxyl groups excluding tert-OH is 1. The first kappa shape index (κ1) is 28.4. The number of aliphatic hydroxyl groups is 1. The Hall–Kier alpha value is -3.15. The van der Waals surface area contributed by atoms with Gasteiger partial charge in [0, 0.05) is 43.0 Å². The lowest BCUT2D eigenvalue weighted by atomic mass is 9.92. The molecule has 2 aliphatic heterocycles. The fourth-order valence-corrected chi connectivity index (χ4v) is 6.57. The largest absolute Gasteiger partial charge is 0.493 e. The van der Waals surface area contributed by atoms with Gasteiger partial charge in [-0.1, -0.05) is 30.3 Å². The van der Waals surface area contributed by atoms with Crippen molar-refractivity contribution in [1.82, 2.24) is 14.8 Å². The Morgan fingerprint density at radius 1 is 1.10 bits per heavy atom. The number of carbonyl (C=O) groups is 1. The van der Waals surface area contributed by atoms with Crippen LogP contribution in [0.25, 0.3) is 21.7 Å². The first-order valence-corrected chi connectivity index (χ1v) is 14.2. The van der Waals surface area contributed by atoms with Gasteiger partial charge in [-0.05, 0) is 48.9 Å². The lowest BCUT2D eigenvalue weighted by Gasteiger charge is -2.29. The number of ether oxygens (including phenoxy) is 1. The normalized spacial score (nSPS) is 16.7. The zero-order valence-electron chi connectivity index (χ0n) is 22.2. The van der Waals surface area contributed by atoms with Crippen LogP contribution in [0, 0.1) is 6.92 Å². The van der Waals surface area contributed by atoms with Gasteiger partial charge in [-0.2, -0.15) is 13.2 Å². The summed E-state index contributed by atoms with van der Waals surface area (Å²) in [6.45, 7) is 5.15. The van der Waals surface area contributed by atoms with Gasteiger partial charge in [-0.25, -0.2) is 9.78 Å². The Labute approximate surface area is 234 Å². The van der Waals surface area contributed by atoms with E-state index >= 15 is 0 Å². The maximum atomic E-state index is 14.7. The van der Waals surface area contributed by atoms with Gasteiger partial charge in [0.1, 0.15) is 10.8 Å². The molecule has 1 fully saturated rings. The van der Waals surface area contributed by atoms with E-state index in [1.807, 2.05) is 0 Å². The van der Waals surface area contributed by atoms with Gasteiger partial charge in [0.05, 0.1) is 30.5 Å². The topological polar surface area (TPSA) is 86.1 Å². The lowest BCUT2D eigenvalue weighted by Crippen LogP contribution is -2.36. The van der Waals surface area contributed by atoms with E-state index in [1.54, 1.807) is 31.2 Å². The second kappa shape index (κ2) is 11.8. The minimum atomic E-state index is -4.64. The number of carboxylic acid groups (broad SMARTS) is 1. The van der Waals surface area contributed by atoms with Crippen LogP contribution in [0.4, 0.5) is 18.0 Å². The van der Waals surface area contributed by atoms with Gasteiger partial charge in [0.25, 0.3) is 0 Å². The molecule has 214 valence electrons. The van der Waals surface area contributed by atoms with Gasteiger partial charge in [-0.15, -0.1) is 11.3 Å². The zero-order chi connectivity index (χ0) is 28.4. The third-order valence-electron chi connectivity index (χ3n) is 7.59. The van der Waals surface area contributed by atoms with Crippen LogP contribution in [0.1, 0.15) is 41.0 Å². The summed E-state index contributed by atoms with van der Waals surface area (Å²) in [6, 6.07) is 9.67. The number of piperidine rings is 1. The fraction of sp³-hybridized carbons (Fsp3) is 0.448. The van der Waals surface area contributed by atoms with Crippen molar-refractivity contribution in [2.75, 3.05) is 32.8 Å². The van der Waals surface area contributed by atoms with E-state index in [1.165, 1.54) is 17.0 Å². The molecule has 3 aromatic rings. The molecule has 3 heterocycles. The third kappa shape index (κ3) is 6.11. The van der Waals surface area contributed by atoms with Gasteiger partial charge in [0.15, 0.2) is 0 Å². The average molecular weight is 576 g/mol. The number of aromatic nitrogens is 1. The van der Waals surface area contributed by atoms with Crippen molar-refractivity contribution in [2.24, 2.45) is 0 Å². The molecule has 2 N–H and O–H groups in total. The van der Waals surface area contributed by atoms with Crippen molar-refractivity contribution in [3.8, 4) is 27.4 Å². The molecular formula is C29H32F3N3O4S. The maximum Gasteiger partial charge on any atom is 0.417 e. The van der Waals surface area contributed by atoms with Crippen LogP contribution in [0.5, 0.6) is 5.75 Å². The second-order valence-electron chi connectivity index (χ2n) is 10.3. The van der Waals surface area contributed by atoms with Crippen molar-refractivity contribution < 1.29 is 32.9 Å². The Balaban J connectivity index is 1.40. The van der Waals surface area contributed by atoms with Crippen LogP contribution in [0.2, 0.25) is 0 Å². The number of halogens is 3. The summed E-state index contributed by atoms with van der Waals surface area (Å²) in [5, 5.41) is 19.2. The second-order valence-corrected chi connectivity index (χ2v) is 11.4. The quantitative estimate of drug-likeness (QED) is 0.333. The summed E-state index contributed by atoms with van der Waals surface area (Å²) in [5.74, 6) is 0.545. The van der Waals surface area contributed by atoms with Gasteiger partial charge in [0.2, 0.25) is 0 Å². The molecule has 1 saturated heterocycles. The van der Waals surface area contributed by atoms with Crippen LogP contribution in [0.15, 0.2) is 36.4 Å². The molecule has 0 bridgehead atoms. The number of fused-ring (bicyclic) bond motifs is 1. The summed E-state index contributed by atoms with van der Waals surface area (Å²) in [4.78, 5) is 20.1. The highest BCUT2D eigenvalue weighted by Crippen LogP contribution is 2.46. The molecule has 7 nitrogen and oxygen atoms in total. The highest BCUT2D eigenvalue weighted by Gasteiger charge is 2.38.